The summed E-state index contributed by atoms with van der Waals surface area (Å²) in [6, 6.07) is 5.13. The van der Waals surface area contributed by atoms with Crippen molar-refractivity contribution >= 4 is 5.91 Å². The van der Waals surface area contributed by atoms with E-state index in [-0.39, 0.29) is 23.8 Å². The second-order valence-corrected chi connectivity index (χ2v) is 5.25. The molecule has 4 nitrogen and oxygen atoms in total. The minimum Gasteiger partial charge on any atom is -0.508 e. The van der Waals surface area contributed by atoms with Crippen LogP contribution in [0.15, 0.2) is 18.2 Å². The number of benzene rings is 1. The first-order valence-corrected chi connectivity index (χ1v) is 6.68. The van der Waals surface area contributed by atoms with Crippen molar-refractivity contribution in [3.63, 3.8) is 0 Å². The molecule has 0 aromatic heterocycles. The zero-order valence-electron chi connectivity index (χ0n) is 11.7. The van der Waals surface area contributed by atoms with Crippen LogP contribution in [0.2, 0.25) is 0 Å². The van der Waals surface area contributed by atoms with Crippen molar-refractivity contribution < 1.29 is 14.6 Å². The molecule has 104 valence electrons. The van der Waals surface area contributed by atoms with E-state index in [9.17, 15) is 9.90 Å². The van der Waals surface area contributed by atoms with E-state index in [1.165, 1.54) is 0 Å². The number of carbonyl (C=O) groups is 1. The van der Waals surface area contributed by atoms with Gasteiger partial charge in [0.2, 0.25) is 0 Å². The van der Waals surface area contributed by atoms with E-state index >= 15 is 0 Å². The third-order valence-electron chi connectivity index (χ3n) is 3.85. The molecule has 0 bridgehead atoms. The first kappa shape index (κ1) is 13.9. The maximum Gasteiger partial charge on any atom is 0.254 e. The third-order valence-corrected chi connectivity index (χ3v) is 3.85. The first-order chi connectivity index (χ1) is 9.02. The molecule has 1 heterocycles. The second kappa shape index (κ2) is 5.61. The van der Waals surface area contributed by atoms with Gasteiger partial charge >= 0.3 is 0 Å². The number of hydrogen-bond donors (Lipinski definition) is 1. The highest BCUT2D eigenvalue weighted by Crippen LogP contribution is 2.28. The second-order valence-electron chi connectivity index (χ2n) is 5.25. The summed E-state index contributed by atoms with van der Waals surface area (Å²) in [5.74, 6) is 0.279. The van der Waals surface area contributed by atoms with Gasteiger partial charge in [0.25, 0.3) is 5.91 Å². The molecule has 0 fully saturated rings. The van der Waals surface area contributed by atoms with Crippen LogP contribution < -0.4 is 0 Å². The number of nitrogens with zero attached hydrogens (tertiary/aromatic N) is 1. The third kappa shape index (κ3) is 2.89. The molecule has 0 saturated carbocycles. The molecule has 1 aliphatic rings. The fraction of sp³-hybridized carbons (Fsp3) is 0.533. The van der Waals surface area contributed by atoms with Crippen molar-refractivity contribution in [2.45, 2.75) is 45.4 Å². The van der Waals surface area contributed by atoms with Crippen molar-refractivity contribution in [2.75, 3.05) is 7.11 Å². The SMILES string of the molecule is COC(C)CCC(C)N1Cc2cc(O)ccc2C1=O. The molecule has 1 aromatic rings. The summed E-state index contributed by atoms with van der Waals surface area (Å²) in [7, 11) is 1.70. The lowest BCUT2D eigenvalue weighted by Gasteiger charge is -2.25. The number of carbonyl (C=O) groups excluding carboxylic acids is 1. The van der Waals surface area contributed by atoms with Crippen molar-refractivity contribution in [2.24, 2.45) is 0 Å². The summed E-state index contributed by atoms with van der Waals surface area (Å²) in [5.41, 5.74) is 1.63. The number of ether oxygens (including phenoxy) is 1. The monoisotopic (exact) mass is 263 g/mol. The molecule has 1 N–H and O–H groups in total. The Morgan fingerprint density at radius 1 is 1.37 bits per heavy atom. The molecule has 2 atom stereocenters. The highest BCUT2D eigenvalue weighted by molar-refractivity contribution is 5.98. The topological polar surface area (TPSA) is 49.8 Å². The molecule has 19 heavy (non-hydrogen) atoms. The molecule has 2 unspecified atom stereocenters. The van der Waals surface area contributed by atoms with Crippen LogP contribution in [0.3, 0.4) is 0 Å². The van der Waals surface area contributed by atoms with E-state index in [0.29, 0.717) is 12.1 Å². The van der Waals surface area contributed by atoms with Crippen LogP contribution in [-0.2, 0) is 11.3 Å². The molecule has 0 radical (unpaired) electrons. The Bertz CT molecular complexity index is 472. The quantitative estimate of drug-likeness (QED) is 0.888. The maximum atomic E-state index is 12.3. The van der Waals surface area contributed by atoms with E-state index in [1.807, 2.05) is 11.8 Å². The van der Waals surface area contributed by atoms with Crippen molar-refractivity contribution in [3.8, 4) is 5.75 Å². The Morgan fingerprint density at radius 2 is 2.11 bits per heavy atom. The molecule has 0 aliphatic carbocycles. The Hall–Kier alpha value is -1.55. The van der Waals surface area contributed by atoms with E-state index in [4.69, 9.17) is 4.74 Å². The first-order valence-electron chi connectivity index (χ1n) is 6.68. The molecule has 0 saturated heterocycles. The summed E-state index contributed by atoms with van der Waals surface area (Å²) in [5, 5.41) is 9.47. The van der Waals surface area contributed by atoms with E-state index in [1.54, 1.807) is 25.3 Å². The summed E-state index contributed by atoms with van der Waals surface area (Å²) in [6.45, 7) is 4.68. The van der Waals surface area contributed by atoms with Crippen molar-refractivity contribution in [3.05, 3.63) is 29.3 Å². The number of fused-ring (bicyclic) bond motifs is 1. The van der Waals surface area contributed by atoms with Crippen molar-refractivity contribution in [1.82, 2.24) is 4.90 Å². The highest BCUT2D eigenvalue weighted by atomic mass is 16.5. The number of phenolic OH excluding ortho intramolecular Hbond substituents is 1. The average Bonchev–Trinajstić information content (AvgIpc) is 2.72. The zero-order chi connectivity index (χ0) is 14.0. The smallest absolute Gasteiger partial charge is 0.254 e. The molecule has 0 spiro atoms. The van der Waals surface area contributed by atoms with Gasteiger partial charge in [-0.05, 0) is 50.5 Å². The predicted octanol–water partition coefficient (Wildman–Crippen LogP) is 2.55. The van der Waals surface area contributed by atoms with Gasteiger partial charge in [0.05, 0.1) is 6.10 Å². The fourth-order valence-corrected chi connectivity index (χ4v) is 2.44. The lowest BCUT2D eigenvalue weighted by Crippen LogP contribution is -2.33. The number of methoxy groups -OCH3 is 1. The molecule has 4 heteroatoms. The Labute approximate surface area is 114 Å². The molecule has 2 rings (SSSR count). The molecule has 1 aliphatic heterocycles. The largest absolute Gasteiger partial charge is 0.508 e. The van der Waals surface area contributed by atoms with E-state index in [0.717, 1.165) is 18.4 Å². The number of hydrogen-bond acceptors (Lipinski definition) is 3. The summed E-state index contributed by atoms with van der Waals surface area (Å²) in [4.78, 5) is 14.1. The van der Waals surface area contributed by atoms with Gasteiger partial charge in [-0.25, -0.2) is 0 Å². The van der Waals surface area contributed by atoms with Crippen LogP contribution in [0, 0.1) is 0 Å². The minimum atomic E-state index is 0.0626. The lowest BCUT2D eigenvalue weighted by molar-refractivity contribution is 0.0661. The molecule has 1 aromatic carbocycles. The van der Waals surface area contributed by atoms with Crippen LogP contribution in [-0.4, -0.2) is 35.2 Å². The maximum absolute atomic E-state index is 12.3. The Morgan fingerprint density at radius 3 is 2.79 bits per heavy atom. The molecular weight excluding hydrogens is 242 g/mol. The van der Waals surface area contributed by atoms with Gasteiger partial charge in [0, 0.05) is 25.3 Å². The van der Waals surface area contributed by atoms with Gasteiger partial charge in [-0.2, -0.15) is 0 Å². The van der Waals surface area contributed by atoms with Gasteiger partial charge < -0.3 is 14.7 Å². The average molecular weight is 263 g/mol. The van der Waals surface area contributed by atoms with Crippen LogP contribution in [0.1, 0.15) is 42.6 Å². The minimum absolute atomic E-state index is 0.0626. The Kier molecular flexibility index (Phi) is 4.10. The van der Waals surface area contributed by atoms with E-state index < -0.39 is 0 Å². The van der Waals surface area contributed by atoms with Gasteiger partial charge in [-0.1, -0.05) is 0 Å². The standard InChI is InChI=1S/C15H21NO3/c1-10(4-5-11(2)19-3)16-9-12-8-13(17)6-7-14(12)15(16)18/h6-8,10-11,17H,4-5,9H2,1-3H3. The Balaban J connectivity index is 2.02. The number of rotatable bonds is 5. The van der Waals surface area contributed by atoms with Gasteiger partial charge in [0.1, 0.15) is 5.75 Å². The number of amides is 1. The van der Waals surface area contributed by atoms with Crippen LogP contribution in [0.25, 0.3) is 0 Å². The van der Waals surface area contributed by atoms with Crippen LogP contribution in [0.5, 0.6) is 5.75 Å². The predicted molar refractivity (Wildman–Crippen MR) is 73.1 cm³/mol. The zero-order valence-corrected chi connectivity index (χ0v) is 11.7. The van der Waals surface area contributed by atoms with Gasteiger partial charge in [-0.15, -0.1) is 0 Å². The molecular formula is C15H21NO3. The van der Waals surface area contributed by atoms with E-state index in [2.05, 4.69) is 6.92 Å². The number of aromatic hydroxyl groups is 1. The normalized spacial score (nSPS) is 17.4. The van der Waals surface area contributed by atoms with Crippen molar-refractivity contribution in [1.29, 1.82) is 0 Å². The highest BCUT2D eigenvalue weighted by Gasteiger charge is 2.30. The van der Waals surface area contributed by atoms with Crippen LogP contribution in [0.4, 0.5) is 0 Å². The molecule has 1 amide bonds. The van der Waals surface area contributed by atoms with Crippen LogP contribution >= 0.6 is 0 Å². The lowest BCUT2D eigenvalue weighted by atomic mass is 10.1. The fourth-order valence-electron chi connectivity index (χ4n) is 2.44. The van der Waals surface area contributed by atoms with Gasteiger partial charge in [-0.3, -0.25) is 4.79 Å². The summed E-state index contributed by atoms with van der Waals surface area (Å²) < 4.78 is 5.23. The van der Waals surface area contributed by atoms with Gasteiger partial charge in [0.15, 0.2) is 0 Å². The summed E-state index contributed by atoms with van der Waals surface area (Å²) in [6.07, 6.45) is 2.07. The number of phenols is 1. The summed E-state index contributed by atoms with van der Waals surface area (Å²) >= 11 is 0.